The van der Waals surface area contributed by atoms with Crippen molar-refractivity contribution < 1.29 is 0 Å². The Kier molecular flexibility index (Phi) is 7.21. The molecule has 0 saturated heterocycles. The molecule has 0 unspecified atom stereocenters. The number of nitrogens with zero attached hydrogens (tertiary/aromatic N) is 10. The molecule has 2 aliphatic rings. The monoisotopic (exact) mass is 580 g/mol. The first-order valence-corrected chi connectivity index (χ1v) is 12.8. The van der Waals surface area contributed by atoms with Gasteiger partial charge in [-0.3, -0.25) is 0 Å². The van der Waals surface area contributed by atoms with Gasteiger partial charge in [0, 0.05) is 16.7 Å². The lowest BCUT2D eigenvalue weighted by Crippen LogP contribution is -1.96. The molecular formula is C36H8N10. The maximum atomic E-state index is 10.3. The molecule has 0 bridgehead atoms. The summed E-state index contributed by atoms with van der Waals surface area (Å²) in [5, 5.41) is 78.9. The van der Waals surface area contributed by atoms with Crippen molar-refractivity contribution in [3.8, 4) is 48.6 Å². The number of nitriles is 8. The molecule has 0 fully saturated rings. The van der Waals surface area contributed by atoms with Gasteiger partial charge >= 0.3 is 0 Å². The molecule has 0 aliphatic heterocycles. The van der Waals surface area contributed by atoms with Gasteiger partial charge < -0.3 is 0 Å². The second kappa shape index (κ2) is 11.4. The minimum atomic E-state index is -0.169. The number of hydrogen-bond acceptors (Lipinski definition) is 8. The Morgan fingerprint density at radius 3 is 1.35 bits per heavy atom. The van der Waals surface area contributed by atoms with E-state index in [2.05, 4.69) is 9.69 Å². The standard InChI is InChI=1S/C36H8N10/c1-45-35(24-7-21(13-39)4-22(8-24)14-40)34-27-10-26-28(9-25(27)30(16-42)31(34)17-43)33(36(46-2)32(26)18-44)29(15-41)23-5-19(11-37)3-20(6-23)12-38/h3-10H/b33-29-,35-34+. The third-order valence-electron chi connectivity index (χ3n) is 7.31. The Hall–Kier alpha value is -8.48. The van der Waals surface area contributed by atoms with Gasteiger partial charge in [-0.15, -0.1) is 0 Å². The van der Waals surface area contributed by atoms with Crippen molar-refractivity contribution in [3.63, 3.8) is 0 Å². The number of allylic oxidation sites excluding steroid dienone is 6. The molecule has 0 atom stereocenters. The van der Waals surface area contributed by atoms with Crippen LogP contribution in [0.25, 0.3) is 43.3 Å². The van der Waals surface area contributed by atoms with E-state index in [0.29, 0.717) is 0 Å². The maximum absolute atomic E-state index is 10.3. The van der Waals surface area contributed by atoms with Crippen molar-refractivity contribution >= 4 is 33.6 Å². The number of benzene rings is 3. The minimum Gasteiger partial charge on any atom is -0.237 e. The van der Waals surface area contributed by atoms with Crippen LogP contribution in [0.4, 0.5) is 0 Å². The molecule has 0 saturated carbocycles. The fourth-order valence-corrected chi connectivity index (χ4v) is 5.48. The van der Waals surface area contributed by atoms with E-state index < -0.39 is 0 Å². The molecule has 0 spiro atoms. The Bertz CT molecular complexity index is 2330. The van der Waals surface area contributed by atoms with E-state index in [-0.39, 0.29) is 100 Å². The van der Waals surface area contributed by atoms with Crippen LogP contribution in [-0.2, 0) is 0 Å². The first kappa shape index (κ1) is 29.0. The van der Waals surface area contributed by atoms with Crippen molar-refractivity contribution in [3.05, 3.63) is 138 Å². The molecule has 3 aromatic carbocycles. The molecule has 2 aliphatic carbocycles. The Labute approximate surface area is 262 Å². The van der Waals surface area contributed by atoms with Crippen LogP contribution >= 0.6 is 0 Å². The van der Waals surface area contributed by atoms with Crippen molar-refractivity contribution in [1.29, 1.82) is 42.1 Å². The van der Waals surface area contributed by atoms with Crippen LogP contribution in [0.1, 0.15) is 55.6 Å². The smallest absolute Gasteiger partial charge is 0.214 e. The fourth-order valence-electron chi connectivity index (χ4n) is 5.48. The third kappa shape index (κ3) is 4.27. The van der Waals surface area contributed by atoms with Crippen molar-refractivity contribution in [2.24, 2.45) is 0 Å². The van der Waals surface area contributed by atoms with Gasteiger partial charge in [0.25, 0.3) is 0 Å². The minimum absolute atomic E-state index is 0.0462. The second-order valence-electron chi connectivity index (χ2n) is 9.61. The van der Waals surface area contributed by atoms with Crippen LogP contribution in [-0.4, -0.2) is 0 Å². The SMILES string of the molecule is [C-]#[N+]C1=C(C#N)c2cc3c(cc2/C1=C(\C#N)c1cc(C#N)cc(C#N)c1)C(C#N)=C(C#N)/C3=C(/[N+]#[C-])c1cc(C#N)cc(C#N)c1. The largest absolute Gasteiger partial charge is 0.237 e. The highest BCUT2D eigenvalue weighted by Gasteiger charge is 2.37. The molecule has 202 valence electrons. The first-order valence-electron chi connectivity index (χ1n) is 12.8. The highest BCUT2D eigenvalue weighted by molar-refractivity contribution is 6.19. The molecule has 0 N–H and O–H groups in total. The van der Waals surface area contributed by atoms with Crippen LogP contribution in [0.5, 0.6) is 0 Å². The summed E-state index contributed by atoms with van der Waals surface area (Å²) in [7, 11) is 0. The van der Waals surface area contributed by atoms with E-state index in [1.54, 1.807) is 0 Å². The number of hydrogen-bond donors (Lipinski definition) is 0. The zero-order valence-corrected chi connectivity index (χ0v) is 23.1. The molecule has 0 amide bonds. The van der Waals surface area contributed by atoms with Gasteiger partial charge in [-0.05, 0) is 76.3 Å². The van der Waals surface area contributed by atoms with E-state index in [9.17, 15) is 42.1 Å². The predicted octanol–water partition coefficient (Wildman–Crippen LogP) is 6.38. The van der Waals surface area contributed by atoms with E-state index >= 15 is 0 Å². The van der Waals surface area contributed by atoms with Gasteiger partial charge in [-0.2, -0.15) is 42.1 Å². The van der Waals surface area contributed by atoms with Gasteiger partial charge in [0.1, 0.15) is 6.07 Å². The summed E-state index contributed by atoms with van der Waals surface area (Å²) in [6.45, 7) is 15.9. The van der Waals surface area contributed by atoms with Crippen LogP contribution in [0.15, 0.2) is 59.8 Å². The summed E-state index contributed by atoms with van der Waals surface area (Å²) in [6, 6.07) is 27.0. The summed E-state index contributed by atoms with van der Waals surface area (Å²) in [5.41, 5.74) is 0.945. The fraction of sp³-hybridized carbons (Fsp3) is 0. The average Bonchev–Trinajstić information content (AvgIpc) is 3.57. The summed E-state index contributed by atoms with van der Waals surface area (Å²) < 4.78 is 0. The molecule has 5 rings (SSSR count). The normalized spacial score (nSPS) is 14.2. The first-order chi connectivity index (χ1) is 22.4. The highest BCUT2D eigenvalue weighted by atomic mass is 14.7. The molecule has 0 heterocycles. The van der Waals surface area contributed by atoms with Crippen molar-refractivity contribution in [2.75, 3.05) is 0 Å². The predicted molar refractivity (Wildman–Crippen MR) is 161 cm³/mol. The lowest BCUT2D eigenvalue weighted by Gasteiger charge is -2.13. The Morgan fingerprint density at radius 2 is 0.935 bits per heavy atom. The molecular weight excluding hydrogens is 572 g/mol. The maximum Gasteiger partial charge on any atom is 0.214 e. The molecule has 0 aromatic heterocycles. The van der Waals surface area contributed by atoms with Gasteiger partial charge in [-0.1, -0.05) is 0 Å². The van der Waals surface area contributed by atoms with Crippen LogP contribution in [0, 0.1) is 104 Å². The zero-order chi connectivity index (χ0) is 33.1. The van der Waals surface area contributed by atoms with Crippen LogP contribution in [0.2, 0.25) is 0 Å². The molecule has 46 heavy (non-hydrogen) atoms. The van der Waals surface area contributed by atoms with Crippen LogP contribution in [0.3, 0.4) is 0 Å². The van der Waals surface area contributed by atoms with E-state index in [4.69, 9.17) is 13.1 Å². The summed E-state index contributed by atoms with van der Waals surface area (Å²) in [5.74, 6) is 0. The van der Waals surface area contributed by atoms with Crippen LogP contribution < -0.4 is 0 Å². The summed E-state index contributed by atoms with van der Waals surface area (Å²) >= 11 is 0. The molecule has 10 nitrogen and oxygen atoms in total. The van der Waals surface area contributed by atoms with E-state index in [0.717, 1.165) is 0 Å². The van der Waals surface area contributed by atoms with Gasteiger partial charge in [0.15, 0.2) is 0 Å². The van der Waals surface area contributed by atoms with E-state index in [1.807, 2.05) is 48.6 Å². The van der Waals surface area contributed by atoms with Gasteiger partial charge in [0.05, 0.1) is 100 Å². The number of fused-ring (bicyclic) bond motifs is 2. The topological polar surface area (TPSA) is 199 Å². The van der Waals surface area contributed by atoms with Gasteiger partial charge in [-0.25, -0.2) is 9.69 Å². The Balaban J connectivity index is 1.94. The molecule has 3 aromatic rings. The van der Waals surface area contributed by atoms with Crippen molar-refractivity contribution in [2.45, 2.75) is 0 Å². The quantitative estimate of drug-likeness (QED) is 0.245. The van der Waals surface area contributed by atoms with E-state index in [1.165, 1.54) is 48.5 Å². The zero-order valence-electron chi connectivity index (χ0n) is 23.1. The third-order valence-corrected chi connectivity index (χ3v) is 7.31. The molecule has 10 heteroatoms. The lowest BCUT2D eigenvalue weighted by atomic mass is 9.89. The average molecular weight is 581 g/mol. The molecule has 0 radical (unpaired) electrons. The highest BCUT2D eigenvalue weighted by Crippen LogP contribution is 2.52. The van der Waals surface area contributed by atoms with Crippen molar-refractivity contribution in [1.82, 2.24) is 0 Å². The lowest BCUT2D eigenvalue weighted by molar-refractivity contribution is 1.43. The summed E-state index contributed by atoms with van der Waals surface area (Å²) in [6.07, 6.45) is 0. The summed E-state index contributed by atoms with van der Waals surface area (Å²) in [4.78, 5) is 7.20. The van der Waals surface area contributed by atoms with Gasteiger partial charge in [0.2, 0.25) is 11.4 Å². The Morgan fingerprint density at radius 1 is 0.478 bits per heavy atom. The number of rotatable bonds is 2. The second-order valence-corrected chi connectivity index (χ2v) is 9.61.